The van der Waals surface area contributed by atoms with Crippen LogP contribution in [-0.2, 0) is 22.5 Å². The number of carbonyl (C=O) groups excluding carboxylic acids is 2. The molecule has 1 aromatic heterocycles. The molecule has 6 heteroatoms. The summed E-state index contributed by atoms with van der Waals surface area (Å²) in [4.78, 5) is 28.8. The van der Waals surface area contributed by atoms with Crippen molar-refractivity contribution in [3.05, 3.63) is 66.0 Å². The third kappa shape index (κ3) is 6.93. The van der Waals surface area contributed by atoms with Gasteiger partial charge in [-0.2, -0.15) is 0 Å². The van der Waals surface area contributed by atoms with Gasteiger partial charge >= 0.3 is 6.09 Å². The molecule has 0 aliphatic heterocycles. The van der Waals surface area contributed by atoms with Crippen LogP contribution in [0.4, 0.5) is 4.79 Å². The topological polar surface area (TPSA) is 80.3 Å². The number of carbonyl (C=O) groups is 2. The zero-order valence-electron chi connectivity index (χ0n) is 15.4. The van der Waals surface area contributed by atoms with Crippen molar-refractivity contribution in [3.63, 3.8) is 0 Å². The molecule has 6 nitrogen and oxygen atoms in total. The maximum absolute atomic E-state index is 12.6. The third-order valence-corrected chi connectivity index (χ3v) is 3.48. The van der Waals surface area contributed by atoms with E-state index in [-0.39, 0.29) is 5.91 Å². The first-order chi connectivity index (χ1) is 12.3. The Hall–Kier alpha value is -2.89. The number of nitrogens with one attached hydrogen (secondary N) is 2. The summed E-state index contributed by atoms with van der Waals surface area (Å²) in [7, 11) is 0. The van der Waals surface area contributed by atoms with Crippen molar-refractivity contribution < 1.29 is 14.3 Å². The fraction of sp³-hybridized carbons (Fsp3) is 0.350. The van der Waals surface area contributed by atoms with E-state index in [9.17, 15) is 9.59 Å². The maximum Gasteiger partial charge on any atom is 0.408 e. The van der Waals surface area contributed by atoms with Gasteiger partial charge in [0.15, 0.2) is 0 Å². The number of pyridine rings is 1. The molecule has 0 aliphatic carbocycles. The largest absolute Gasteiger partial charge is 0.444 e. The first-order valence-electron chi connectivity index (χ1n) is 8.53. The summed E-state index contributed by atoms with van der Waals surface area (Å²) in [5, 5.41) is 5.51. The molecule has 0 bridgehead atoms. The van der Waals surface area contributed by atoms with Gasteiger partial charge in [0.1, 0.15) is 11.6 Å². The Morgan fingerprint density at radius 3 is 2.38 bits per heavy atom. The minimum atomic E-state index is -0.732. The van der Waals surface area contributed by atoms with Crippen LogP contribution in [0.2, 0.25) is 0 Å². The van der Waals surface area contributed by atoms with Gasteiger partial charge in [-0.3, -0.25) is 9.78 Å². The van der Waals surface area contributed by atoms with Crippen LogP contribution >= 0.6 is 0 Å². The van der Waals surface area contributed by atoms with E-state index in [0.717, 1.165) is 11.1 Å². The number of nitrogens with zero attached hydrogens (tertiary/aromatic N) is 1. The second kappa shape index (κ2) is 8.99. The molecule has 138 valence electrons. The van der Waals surface area contributed by atoms with E-state index < -0.39 is 17.7 Å². The Morgan fingerprint density at radius 1 is 1.08 bits per heavy atom. The predicted molar refractivity (Wildman–Crippen MR) is 99.4 cm³/mol. The Balaban J connectivity index is 2.03. The molecule has 26 heavy (non-hydrogen) atoms. The Kier molecular flexibility index (Phi) is 6.72. The van der Waals surface area contributed by atoms with Crippen LogP contribution in [-0.4, -0.2) is 28.6 Å². The number of hydrogen-bond acceptors (Lipinski definition) is 4. The molecule has 0 radical (unpaired) electrons. The molecule has 1 heterocycles. The maximum atomic E-state index is 12.6. The van der Waals surface area contributed by atoms with E-state index in [4.69, 9.17) is 4.74 Å². The van der Waals surface area contributed by atoms with E-state index in [0.29, 0.717) is 13.0 Å². The van der Waals surface area contributed by atoms with Gasteiger partial charge < -0.3 is 15.4 Å². The minimum Gasteiger partial charge on any atom is -0.444 e. The molecule has 0 saturated heterocycles. The first-order valence-corrected chi connectivity index (χ1v) is 8.53. The van der Waals surface area contributed by atoms with Crippen LogP contribution in [0.15, 0.2) is 54.9 Å². The summed E-state index contributed by atoms with van der Waals surface area (Å²) in [6.45, 7) is 5.68. The van der Waals surface area contributed by atoms with Crippen molar-refractivity contribution in [3.8, 4) is 0 Å². The molecule has 2 aromatic rings. The summed E-state index contributed by atoms with van der Waals surface area (Å²) in [5.74, 6) is -0.274. The normalized spacial score (nSPS) is 12.1. The summed E-state index contributed by atoms with van der Waals surface area (Å²) >= 11 is 0. The average molecular weight is 355 g/mol. The van der Waals surface area contributed by atoms with Crippen LogP contribution in [0.1, 0.15) is 31.9 Å². The summed E-state index contributed by atoms with van der Waals surface area (Å²) < 4.78 is 5.28. The highest BCUT2D eigenvalue weighted by atomic mass is 16.6. The number of hydrogen-bond donors (Lipinski definition) is 2. The zero-order valence-corrected chi connectivity index (χ0v) is 15.4. The fourth-order valence-corrected chi connectivity index (χ4v) is 2.32. The molecule has 0 spiro atoms. The molecule has 0 saturated carbocycles. The van der Waals surface area contributed by atoms with Crippen molar-refractivity contribution in [2.75, 3.05) is 0 Å². The van der Waals surface area contributed by atoms with Gasteiger partial charge in [0, 0.05) is 25.4 Å². The highest BCUT2D eigenvalue weighted by Gasteiger charge is 2.24. The van der Waals surface area contributed by atoms with Crippen molar-refractivity contribution in [2.45, 2.75) is 45.4 Å². The molecule has 1 aromatic carbocycles. The number of rotatable bonds is 6. The minimum absolute atomic E-state index is 0.274. The predicted octanol–water partition coefficient (Wildman–Crippen LogP) is 2.83. The van der Waals surface area contributed by atoms with Crippen LogP contribution in [0.5, 0.6) is 0 Å². The van der Waals surface area contributed by atoms with Gasteiger partial charge in [-0.25, -0.2) is 4.79 Å². The molecular formula is C20H25N3O3. The number of alkyl carbamates (subject to hydrolysis) is 1. The van der Waals surface area contributed by atoms with Crippen LogP contribution in [0.25, 0.3) is 0 Å². The van der Waals surface area contributed by atoms with Crippen molar-refractivity contribution in [2.24, 2.45) is 0 Å². The van der Waals surface area contributed by atoms with Gasteiger partial charge in [-0.05, 0) is 38.0 Å². The van der Waals surface area contributed by atoms with Gasteiger partial charge in [0.25, 0.3) is 0 Å². The summed E-state index contributed by atoms with van der Waals surface area (Å²) in [5.41, 5.74) is 1.20. The van der Waals surface area contributed by atoms with Crippen molar-refractivity contribution in [1.82, 2.24) is 15.6 Å². The van der Waals surface area contributed by atoms with Crippen LogP contribution in [0.3, 0.4) is 0 Å². The van der Waals surface area contributed by atoms with E-state index in [1.807, 2.05) is 42.5 Å². The molecule has 0 fully saturated rings. The van der Waals surface area contributed by atoms with Crippen LogP contribution < -0.4 is 10.6 Å². The van der Waals surface area contributed by atoms with Crippen LogP contribution in [0, 0.1) is 0 Å². The highest BCUT2D eigenvalue weighted by Crippen LogP contribution is 2.09. The number of aromatic nitrogens is 1. The monoisotopic (exact) mass is 355 g/mol. The Morgan fingerprint density at radius 2 is 1.77 bits per heavy atom. The van der Waals surface area contributed by atoms with E-state index in [1.165, 1.54) is 0 Å². The van der Waals surface area contributed by atoms with Gasteiger partial charge in [-0.15, -0.1) is 0 Å². The fourth-order valence-electron chi connectivity index (χ4n) is 2.32. The molecule has 1 atom stereocenters. The van der Waals surface area contributed by atoms with Gasteiger partial charge in [0.05, 0.1) is 0 Å². The summed E-state index contributed by atoms with van der Waals surface area (Å²) in [6, 6.07) is 12.5. The first kappa shape index (κ1) is 19.4. The quantitative estimate of drug-likeness (QED) is 0.835. The van der Waals surface area contributed by atoms with E-state index in [2.05, 4.69) is 15.6 Å². The lowest BCUT2D eigenvalue weighted by Crippen LogP contribution is -2.49. The lowest BCUT2D eigenvalue weighted by atomic mass is 10.1. The second-order valence-corrected chi connectivity index (χ2v) is 6.97. The molecular weight excluding hydrogens is 330 g/mol. The van der Waals surface area contributed by atoms with Gasteiger partial charge in [0.2, 0.25) is 5.91 Å². The number of benzene rings is 1. The third-order valence-electron chi connectivity index (χ3n) is 3.48. The molecule has 2 amide bonds. The Bertz CT molecular complexity index is 712. The molecule has 2 rings (SSSR count). The average Bonchev–Trinajstić information content (AvgIpc) is 2.59. The standard InChI is InChI=1S/C20H25N3O3/c1-20(2,3)26-19(25)23-17(12-15-8-5-4-6-9-15)18(24)22-14-16-10-7-11-21-13-16/h4-11,13,17H,12,14H2,1-3H3,(H,22,24)(H,23,25). The Labute approximate surface area is 154 Å². The van der Waals surface area contributed by atoms with E-state index in [1.54, 1.807) is 33.2 Å². The highest BCUT2D eigenvalue weighted by molar-refractivity contribution is 5.86. The zero-order chi connectivity index (χ0) is 19.0. The smallest absolute Gasteiger partial charge is 0.408 e. The second-order valence-electron chi connectivity index (χ2n) is 6.97. The molecule has 2 N–H and O–H groups in total. The lowest BCUT2D eigenvalue weighted by molar-refractivity contribution is -0.123. The van der Waals surface area contributed by atoms with E-state index >= 15 is 0 Å². The molecule has 0 aliphatic rings. The number of amides is 2. The number of ether oxygens (including phenoxy) is 1. The van der Waals surface area contributed by atoms with Gasteiger partial charge in [-0.1, -0.05) is 36.4 Å². The SMILES string of the molecule is CC(C)(C)OC(=O)NC(Cc1ccccc1)C(=O)NCc1cccnc1. The lowest BCUT2D eigenvalue weighted by Gasteiger charge is -2.23. The van der Waals surface area contributed by atoms with Crippen molar-refractivity contribution >= 4 is 12.0 Å². The van der Waals surface area contributed by atoms with Crippen molar-refractivity contribution in [1.29, 1.82) is 0 Å². The molecule has 1 unspecified atom stereocenters. The summed E-state index contributed by atoms with van der Waals surface area (Å²) in [6.07, 6.45) is 3.12.